The van der Waals surface area contributed by atoms with E-state index in [2.05, 4.69) is 0 Å². The summed E-state index contributed by atoms with van der Waals surface area (Å²) in [5.74, 6) is 1.38. The van der Waals surface area contributed by atoms with Gasteiger partial charge in [-0.05, 0) is 17.7 Å². The maximum atomic E-state index is 5.39. The molecule has 0 heterocycles. The summed E-state index contributed by atoms with van der Waals surface area (Å²) in [5.41, 5.74) is 1.02. The van der Waals surface area contributed by atoms with E-state index in [0.717, 1.165) is 5.56 Å². The number of rotatable bonds is 7. The van der Waals surface area contributed by atoms with Gasteiger partial charge in [-0.2, -0.15) is 0 Å². The molecule has 0 aliphatic heterocycles. The molecule has 0 bridgehead atoms. The Kier molecular flexibility index (Phi) is 5.61. The maximum Gasteiger partial charge on any atom is 0.504 e. The first-order valence-electron chi connectivity index (χ1n) is 5.51. The minimum absolute atomic E-state index is 0.580. The molecule has 0 amide bonds. The van der Waals surface area contributed by atoms with E-state index in [9.17, 15) is 0 Å². The molecule has 1 aromatic carbocycles. The summed E-state index contributed by atoms with van der Waals surface area (Å²) in [7, 11) is 5.39. The predicted molar refractivity (Wildman–Crippen MR) is 70.0 cm³/mol. The monoisotopic (exact) mass is 272 g/mol. The Bertz CT molecular complexity index is 370. The van der Waals surface area contributed by atoms with E-state index in [1.54, 1.807) is 35.5 Å². The van der Waals surface area contributed by atoms with Gasteiger partial charge in [0.05, 0.1) is 14.2 Å². The van der Waals surface area contributed by atoms with Crippen LogP contribution in [0.2, 0.25) is 0 Å². The Balaban J connectivity index is 2.97. The standard InChI is InChI=1S/C12H20O5Si/c1-13-11-7-6-10(8-12(11)14-2)9-18(15-3,16-4)17-5/h6-8H,9H2,1-5H3. The van der Waals surface area contributed by atoms with E-state index in [1.807, 2.05) is 18.2 Å². The van der Waals surface area contributed by atoms with Gasteiger partial charge < -0.3 is 22.8 Å². The number of benzene rings is 1. The molecule has 102 valence electrons. The van der Waals surface area contributed by atoms with Crippen LogP contribution in [0.3, 0.4) is 0 Å². The van der Waals surface area contributed by atoms with E-state index in [-0.39, 0.29) is 0 Å². The molecule has 0 fully saturated rings. The molecule has 0 aliphatic carbocycles. The van der Waals surface area contributed by atoms with Crippen LogP contribution in [0.25, 0.3) is 0 Å². The molecular formula is C12H20O5Si. The SMILES string of the molecule is COc1ccc(C[Si](OC)(OC)OC)cc1OC. The lowest BCUT2D eigenvalue weighted by Gasteiger charge is -2.24. The second-order valence-corrected chi connectivity index (χ2v) is 6.61. The highest BCUT2D eigenvalue weighted by molar-refractivity contribution is 6.60. The molecule has 1 rings (SSSR count). The molecule has 0 radical (unpaired) electrons. The van der Waals surface area contributed by atoms with Gasteiger partial charge in [0, 0.05) is 27.4 Å². The highest BCUT2D eigenvalue weighted by Crippen LogP contribution is 2.29. The summed E-state index contributed by atoms with van der Waals surface area (Å²) in [6, 6.07) is 6.28. The fourth-order valence-electron chi connectivity index (χ4n) is 1.71. The average molecular weight is 272 g/mol. The third-order valence-electron chi connectivity index (χ3n) is 2.80. The van der Waals surface area contributed by atoms with Crippen LogP contribution in [0.5, 0.6) is 11.5 Å². The molecule has 18 heavy (non-hydrogen) atoms. The van der Waals surface area contributed by atoms with Crippen LogP contribution < -0.4 is 9.47 Å². The summed E-state index contributed by atoms with van der Waals surface area (Å²) >= 11 is 0. The zero-order valence-electron chi connectivity index (χ0n) is 11.5. The lowest BCUT2D eigenvalue weighted by Crippen LogP contribution is -2.45. The molecule has 5 nitrogen and oxygen atoms in total. The lowest BCUT2D eigenvalue weighted by atomic mass is 10.2. The van der Waals surface area contributed by atoms with Crippen molar-refractivity contribution in [1.29, 1.82) is 0 Å². The molecule has 1 aromatic rings. The smallest absolute Gasteiger partial charge is 0.493 e. The van der Waals surface area contributed by atoms with Gasteiger partial charge in [-0.25, -0.2) is 0 Å². The third-order valence-corrected chi connectivity index (χ3v) is 5.51. The van der Waals surface area contributed by atoms with Gasteiger partial charge in [-0.3, -0.25) is 0 Å². The fraction of sp³-hybridized carbons (Fsp3) is 0.500. The van der Waals surface area contributed by atoms with Gasteiger partial charge in [0.15, 0.2) is 11.5 Å². The normalized spacial score (nSPS) is 11.4. The van der Waals surface area contributed by atoms with Crippen molar-refractivity contribution in [1.82, 2.24) is 0 Å². The van der Waals surface area contributed by atoms with Crippen LogP contribution in [0, 0.1) is 0 Å². The second-order valence-electron chi connectivity index (χ2n) is 3.66. The van der Waals surface area contributed by atoms with Gasteiger partial charge in [0.25, 0.3) is 0 Å². The van der Waals surface area contributed by atoms with E-state index in [0.29, 0.717) is 17.5 Å². The van der Waals surface area contributed by atoms with E-state index in [4.69, 9.17) is 22.8 Å². The zero-order valence-corrected chi connectivity index (χ0v) is 12.5. The van der Waals surface area contributed by atoms with Crippen molar-refractivity contribution in [2.75, 3.05) is 35.5 Å². The van der Waals surface area contributed by atoms with Crippen LogP contribution in [-0.2, 0) is 19.3 Å². The Morgan fingerprint density at radius 2 is 1.39 bits per heavy atom. The van der Waals surface area contributed by atoms with Crippen molar-refractivity contribution in [3.05, 3.63) is 23.8 Å². The summed E-state index contributed by atoms with van der Waals surface area (Å²) in [6.45, 7) is 0. The first kappa shape index (κ1) is 15.0. The molecule has 0 N–H and O–H groups in total. The van der Waals surface area contributed by atoms with Crippen molar-refractivity contribution in [3.8, 4) is 11.5 Å². The molecule has 0 saturated carbocycles. The maximum absolute atomic E-state index is 5.39. The van der Waals surface area contributed by atoms with Crippen LogP contribution in [0.1, 0.15) is 5.56 Å². The van der Waals surface area contributed by atoms with Crippen LogP contribution >= 0.6 is 0 Å². The van der Waals surface area contributed by atoms with Gasteiger partial charge >= 0.3 is 8.80 Å². The highest BCUT2D eigenvalue weighted by atomic mass is 28.4. The number of methoxy groups -OCH3 is 2. The zero-order chi connectivity index (χ0) is 13.6. The van der Waals surface area contributed by atoms with Crippen molar-refractivity contribution >= 4 is 8.80 Å². The Morgan fingerprint density at radius 3 is 1.83 bits per heavy atom. The first-order valence-corrected chi connectivity index (χ1v) is 7.44. The minimum atomic E-state index is -2.62. The van der Waals surface area contributed by atoms with Crippen LogP contribution in [0.4, 0.5) is 0 Å². The Hall–Kier alpha value is -1.08. The number of hydrogen-bond acceptors (Lipinski definition) is 5. The topological polar surface area (TPSA) is 46.2 Å². The third kappa shape index (κ3) is 3.23. The molecule has 0 saturated heterocycles. The van der Waals surface area contributed by atoms with E-state index >= 15 is 0 Å². The lowest BCUT2D eigenvalue weighted by molar-refractivity contribution is 0.122. The van der Waals surface area contributed by atoms with E-state index in [1.165, 1.54) is 0 Å². The van der Waals surface area contributed by atoms with Crippen molar-refractivity contribution < 1.29 is 22.8 Å². The molecule has 0 atom stereocenters. The largest absolute Gasteiger partial charge is 0.504 e. The Morgan fingerprint density at radius 1 is 0.833 bits per heavy atom. The minimum Gasteiger partial charge on any atom is -0.493 e. The fourth-order valence-corrected chi connectivity index (χ4v) is 3.36. The first-order chi connectivity index (χ1) is 8.64. The summed E-state index contributed by atoms with van der Waals surface area (Å²) < 4.78 is 26.6. The molecule has 0 aliphatic rings. The highest BCUT2D eigenvalue weighted by Gasteiger charge is 2.38. The molecule has 0 unspecified atom stereocenters. The van der Waals surface area contributed by atoms with Gasteiger partial charge in [0.2, 0.25) is 0 Å². The molecule has 0 spiro atoms. The number of ether oxygens (including phenoxy) is 2. The molecular weight excluding hydrogens is 252 g/mol. The number of hydrogen-bond donors (Lipinski definition) is 0. The van der Waals surface area contributed by atoms with Crippen LogP contribution in [0.15, 0.2) is 18.2 Å². The summed E-state index contributed by atoms with van der Waals surface area (Å²) in [5, 5.41) is 0. The van der Waals surface area contributed by atoms with Crippen molar-refractivity contribution in [3.63, 3.8) is 0 Å². The molecule has 0 aromatic heterocycles. The predicted octanol–water partition coefficient (Wildman–Crippen LogP) is 1.66. The summed E-state index contributed by atoms with van der Waals surface area (Å²) in [6.07, 6.45) is 0. The van der Waals surface area contributed by atoms with Gasteiger partial charge in [0.1, 0.15) is 0 Å². The van der Waals surface area contributed by atoms with Crippen molar-refractivity contribution in [2.45, 2.75) is 6.04 Å². The average Bonchev–Trinajstić information content (AvgIpc) is 2.44. The second kappa shape index (κ2) is 6.74. The van der Waals surface area contributed by atoms with Crippen molar-refractivity contribution in [2.24, 2.45) is 0 Å². The van der Waals surface area contributed by atoms with Gasteiger partial charge in [-0.15, -0.1) is 0 Å². The summed E-state index contributed by atoms with van der Waals surface area (Å²) in [4.78, 5) is 0. The van der Waals surface area contributed by atoms with Crippen LogP contribution in [-0.4, -0.2) is 44.4 Å². The van der Waals surface area contributed by atoms with E-state index < -0.39 is 8.80 Å². The molecule has 6 heteroatoms. The Labute approximate surface area is 109 Å². The van der Waals surface area contributed by atoms with Gasteiger partial charge in [-0.1, -0.05) is 6.07 Å². The quantitative estimate of drug-likeness (QED) is 0.707.